The molecule has 3 heterocycles. The molecule has 1 N–H and O–H groups in total. The fraction of sp³-hybridized carbons (Fsp3) is 0.304. The Kier molecular flexibility index (Phi) is 4.56. The average Bonchev–Trinajstić information content (AvgIpc) is 3.33. The number of amides is 2. The van der Waals surface area contributed by atoms with Crippen molar-refractivity contribution >= 4 is 17.6 Å². The summed E-state index contributed by atoms with van der Waals surface area (Å²) in [5.74, 6) is 2.20. The predicted molar refractivity (Wildman–Crippen MR) is 114 cm³/mol. The fourth-order valence-electron chi connectivity index (χ4n) is 4.41. The van der Waals surface area contributed by atoms with E-state index in [-0.39, 0.29) is 11.9 Å². The van der Waals surface area contributed by atoms with Gasteiger partial charge in [0.1, 0.15) is 12.5 Å². The van der Waals surface area contributed by atoms with Crippen molar-refractivity contribution in [2.24, 2.45) is 16.8 Å². The molecule has 6 nitrogen and oxygen atoms in total. The number of para-hydroxylation sites is 1. The molecule has 6 heteroatoms. The molecule has 0 bridgehead atoms. The van der Waals surface area contributed by atoms with Crippen LogP contribution in [0.5, 0.6) is 0 Å². The third kappa shape index (κ3) is 3.51. The summed E-state index contributed by atoms with van der Waals surface area (Å²) in [5, 5.41) is 3.06. The Labute approximate surface area is 171 Å². The van der Waals surface area contributed by atoms with E-state index in [9.17, 15) is 4.79 Å². The third-order valence-electron chi connectivity index (χ3n) is 5.93. The van der Waals surface area contributed by atoms with Crippen LogP contribution in [0.25, 0.3) is 0 Å². The van der Waals surface area contributed by atoms with Gasteiger partial charge in [0.15, 0.2) is 5.82 Å². The summed E-state index contributed by atoms with van der Waals surface area (Å²) >= 11 is 0. The molecule has 0 aliphatic carbocycles. The van der Waals surface area contributed by atoms with E-state index in [1.165, 1.54) is 5.56 Å². The van der Waals surface area contributed by atoms with Crippen molar-refractivity contribution in [1.82, 2.24) is 15.1 Å². The summed E-state index contributed by atoms with van der Waals surface area (Å²) in [7, 11) is 0. The van der Waals surface area contributed by atoms with Crippen molar-refractivity contribution in [3.05, 3.63) is 78.2 Å². The van der Waals surface area contributed by atoms with Crippen molar-refractivity contribution < 1.29 is 4.79 Å². The Hall–Kier alpha value is -3.12. The van der Waals surface area contributed by atoms with E-state index >= 15 is 0 Å². The molecule has 0 radical (unpaired) electrons. The fourth-order valence-corrected chi connectivity index (χ4v) is 4.41. The first-order valence-electron chi connectivity index (χ1n) is 10.1. The summed E-state index contributed by atoms with van der Waals surface area (Å²) in [6.07, 6.45) is 1.97. The number of benzene rings is 2. The molecule has 1 fully saturated rings. The Morgan fingerprint density at radius 3 is 2.52 bits per heavy atom. The van der Waals surface area contributed by atoms with Crippen LogP contribution in [0.2, 0.25) is 0 Å². The van der Waals surface area contributed by atoms with Crippen molar-refractivity contribution in [3.63, 3.8) is 0 Å². The molecular formula is C23H25N5O. The molecule has 0 spiro atoms. The summed E-state index contributed by atoms with van der Waals surface area (Å²) in [5.41, 5.74) is 2.38. The molecule has 0 aromatic heterocycles. The minimum Gasteiger partial charge on any atom is -0.326 e. The van der Waals surface area contributed by atoms with Gasteiger partial charge < -0.3 is 4.90 Å². The van der Waals surface area contributed by atoms with Crippen LogP contribution in [-0.2, 0) is 6.54 Å². The van der Waals surface area contributed by atoms with Gasteiger partial charge in [-0.1, -0.05) is 55.5 Å². The van der Waals surface area contributed by atoms with Crippen LogP contribution in [0, 0.1) is 11.8 Å². The Morgan fingerprint density at radius 2 is 1.76 bits per heavy atom. The number of carbonyl (C=O) groups is 1. The maximum absolute atomic E-state index is 12.8. The molecule has 2 aromatic carbocycles. The van der Waals surface area contributed by atoms with Crippen LogP contribution >= 0.6 is 0 Å². The number of aliphatic imine (C=N–C) groups is 1. The molecule has 1 saturated heterocycles. The van der Waals surface area contributed by atoms with Crippen molar-refractivity contribution in [2.45, 2.75) is 13.5 Å². The molecule has 3 aliphatic rings. The van der Waals surface area contributed by atoms with E-state index in [0.717, 1.165) is 37.0 Å². The highest BCUT2D eigenvalue weighted by Gasteiger charge is 2.39. The smallest absolute Gasteiger partial charge is 0.326 e. The lowest BCUT2D eigenvalue weighted by atomic mass is 9.96. The van der Waals surface area contributed by atoms with Gasteiger partial charge in [0.05, 0.1) is 0 Å². The second-order valence-corrected chi connectivity index (χ2v) is 8.05. The lowest BCUT2D eigenvalue weighted by Crippen LogP contribution is -2.49. The molecule has 5 rings (SSSR count). The monoisotopic (exact) mass is 387 g/mol. The molecule has 3 aliphatic heterocycles. The number of anilines is 1. The van der Waals surface area contributed by atoms with Crippen LogP contribution in [0.15, 0.2) is 77.7 Å². The van der Waals surface area contributed by atoms with Crippen molar-refractivity contribution in [2.75, 3.05) is 24.7 Å². The van der Waals surface area contributed by atoms with E-state index in [4.69, 9.17) is 4.99 Å². The molecule has 2 amide bonds. The summed E-state index contributed by atoms with van der Waals surface area (Å²) in [4.78, 5) is 23.8. The topological polar surface area (TPSA) is 51.2 Å². The number of urea groups is 1. The second kappa shape index (κ2) is 7.37. The molecular weight excluding hydrogens is 362 g/mol. The number of likely N-dealkylation sites (tertiary alicyclic amines) is 1. The van der Waals surface area contributed by atoms with E-state index in [1.54, 1.807) is 4.90 Å². The lowest BCUT2D eigenvalue weighted by molar-refractivity contribution is 0.216. The minimum absolute atomic E-state index is 0.0895. The Morgan fingerprint density at radius 1 is 1.03 bits per heavy atom. The molecule has 2 aromatic rings. The average molecular weight is 387 g/mol. The number of nitrogens with one attached hydrogen (secondary N) is 1. The van der Waals surface area contributed by atoms with E-state index in [2.05, 4.69) is 46.3 Å². The number of hydrogen-bond donors (Lipinski definition) is 1. The quantitative estimate of drug-likeness (QED) is 0.874. The summed E-state index contributed by atoms with van der Waals surface area (Å²) < 4.78 is 0. The Balaban J connectivity index is 1.34. The number of fused-ring (bicyclic) bond motifs is 1. The second-order valence-electron chi connectivity index (χ2n) is 8.05. The van der Waals surface area contributed by atoms with Gasteiger partial charge in [0, 0.05) is 37.4 Å². The molecule has 2 unspecified atom stereocenters. The van der Waals surface area contributed by atoms with Crippen LogP contribution in [0.3, 0.4) is 0 Å². The number of rotatable bonds is 4. The first-order valence-corrected chi connectivity index (χ1v) is 10.1. The van der Waals surface area contributed by atoms with Gasteiger partial charge in [0.2, 0.25) is 0 Å². The van der Waals surface area contributed by atoms with E-state index in [1.807, 2.05) is 42.6 Å². The first kappa shape index (κ1) is 17.9. The van der Waals surface area contributed by atoms with Crippen LogP contribution in [0.1, 0.15) is 12.5 Å². The van der Waals surface area contributed by atoms with Crippen molar-refractivity contribution in [3.8, 4) is 0 Å². The zero-order valence-corrected chi connectivity index (χ0v) is 16.5. The van der Waals surface area contributed by atoms with Gasteiger partial charge in [0.25, 0.3) is 0 Å². The minimum atomic E-state index is -0.0895. The third-order valence-corrected chi connectivity index (χ3v) is 5.93. The van der Waals surface area contributed by atoms with Gasteiger partial charge in [-0.2, -0.15) is 0 Å². The van der Waals surface area contributed by atoms with Crippen molar-refractivity contribution in [1.29, 1.82) is 0 Å². The zero-order chi connectivity index (χ0) is 19.8. The highest BCUT2D eigenvalue weighted by atomic mass is 16.2. The highest BCUT2D eigenvalue weighted by molar-refractivity contribution is 6.02. The molecule has 148 valence electrons. The van der Waals surface area contributed by atoms with E-state index in [0.29, 0.717) is 12.6 Å². The predicted octanol–water partition coefficient (Wildman–Crippen LogP) is 3.45. The highest BCUT2D eigenvalue weighted by Crippen LogP contribution is 2.30. The lowest BCUT2D eigenvalue weighted by Gasteiger charge is -2.28. The van der Waals surface area contributed by atoms with Gasteiger partial charge in [-0.15, -0.1) is 0 Å². The normalized spacial score (nSPS) is 24.2. The number of hydrogen-bond acceptors (Lipinski definition) is 4. The van der Waals surface area contributed by atoms with E-state index < -0.39 is 0 Å². The van der Waals surface area contributed by atoms with Crippen LogP contribution in [0.4, 0.5) is 10.5 Å². The zero-order valence-electron chi connectivity index (χ0n) is 16.5. The number of nitrogens with zero attached hydrogens (tertiary/aromatic N) is 4. The molecule has 0 saturated carbocycles. The number of amidine groups is 1. The summed E-state index contributed by atoms with van der Waals surface area (Å²) in [6.45, 7) is 5.58. The first-order chi connectivity index (χ1) is 14.2. The number of carbonyl (C=O) groups excluding carboxylic acids is 1. The van der Waals surface area contributed by atoms with Crippen LogP contribution < -0.4 is 10.2 Å². The maximum atomic E-state index is 12.8. The van der Waals surface area contributed by atoms with Gasteiger partial charge in [-0.05, 0) is 23.6 Å². The van der Waals surface area contributed by atoms with Gasteiger partial charge in [-0.25, -0.2) is 9.79 Å². The summed E-state index contributed by atoms with van der Waals surface area (Å²) in [6, 6.07) is 20.5. The SMILES string of the molecule is CC1CN(Cc2ccccc2)CC1C1=NC2=CN(c3ccccc3)CN2C(=O)N1. The van der Waals surface area contributed by atoms with Crippen LogP contribution in [-0.4, -0.2) is 41.4 Å². The molecule has 2 atom stereocenters. The largest absolute Gasteiger partial charge is 0.329 e. The Bertz CT molecular complexity index is 956. The maximum Gasteiger partial charge on any atom is 0.329 e. The molecule has 29 heavy (non-hydrogen) atoms. The van der Waals surface area contributed by atoms with Gasteiger partial charge in [-0.3, -0.25) is 15.1 Å². The standard InChI is InChI=1S/C23H25N5O/c1-17-12-26(13-18-8-4-2-5-9-18)14-20(17)22-24-21-15-27(16-28(21)23(29)25-22)19-10-6-3-7-11-19/h2-11,15,17,20H,12-14,16H2,1H3,(H,24,25,29). The van der Waals surface area contributed by atoms with Gasteiger partial charge >= 0.3 is 6.03 Å².